The molecule has 1 aromatic rings. The van der Waals surface area contributed by atoms with E-state index in [1.54, 1.807) is 0 Å². The van der Waals surface area contributed by atoms with Gasteiger partial charge in [0.1, 0.15) is 27.9 Å². The number of halogens is 1. The number of carboxylic acid groups (broad SMARTS) is 1. The summed E-state index contributed by atoms with van der Waals surface area (Å²) in [5.74, 6) is -1.67. The second-order valence-corrected chi connectivity index (χ2v) is 7.28. The maximum atomic E-state index is 13.5. The molecule has 1 heterocycles. The van der Waals surface area contributed by atoms with E-state index in [0.717, 1.165) is 18.2 Å². The van der Waals surface area contributed by atoms with Gasteiger partial charge >= 0.3 is 5.97 Å². The number of carboxylic acids is 1. The smallest absolute Gasteiger partial charge is 0.325 e. The first-order valence-corrected chi connectivity index (χ1v) is 8.50. The third-order valence-corrected chi connectivity index (χ3v) is 5.91. The molecule has 0 spiro atoms. The zero-order valence-corrected chi connectivity index (χ0v) is 12.3. The standard InChI is InChI=1S/C12H11FN2O4S2/c13-9-2-1-3-10(8(9)6-14)21(18,19)15-12(11(16)17)4-5-20-7-12/h1-3,15H,4-5,7H2,(H,16,17). The van der Waals surface area contributed by atoms with Crippen LogP contribution in [0.5, 0.6) is 0 Å². The third-order valence-electron chi connectivity index (χ3n) is 3.14. The van der Waals surface area contributed by atoms with Crippen LogP contribution in [-0.4, -0.2) is 36.5 Å². The molecule has 2 N–H and O–H groups in total. The average Bonchev–Trinajstić information content (AvgIpc) is 2.87. The summed E-state index contributed by atoms with van der Waals surface area (Å²) in [4.78, 5) is 10.8. The van der Waals surface area contributed by atoms with Gasteiger partial charge in [0.25, 0.3) is 0 Å². The highest BCUT2D eigenvalue weighted by Crippen LogP contribution is 2.30. The van der Waals surface area contributed by atoms with Crippen LogP contribution >= 0.6 is 11.8 Å². The van der Waals surface area contributed by atoms with Crippen LogP contribution in [0.15, 0.2) is 23.1 Å². The number of hydrogen-bond donors (Lipinski definition) is 2. The zero-order chi connectivity index (χ0) is 15.7. The van der Waals surface area contributed by atoms with E-state index in [0.29, 0.717) is 5.75 Å². The van der Waals surface area contributed by atoms with Gasteiger partial charge in [-0.2, -0.15) is 21.7 Å². The Hall–Kier alpha value is -1.63. The lowest BCUT2D eigenvalue weighted by atomic mass is 10.0. The van der Waals surface area contributed by atoms with Crippen molar-refractivity contribution in [1.82, 2.24) is 4.72 Å². The number of thioether (sulfide) groups is 1. The monoisotopic (exact) mass is 330 g/mol. The molecule has 2 rings (SSSR count). The molecule has 21 heavy (non-hydrogen) atoms. The van der Waals surface area contributed by atoms with Gasteiger partial charge in [0.15, 0.2) is 0 Å². The molecule has 1 unspecified atom stereocenters. The summed E-state index contributed by atoms with van der Waals surface area (Å²) in [6.45, 7) is 0. The molecule has 1 atom stereocenters. The molecule has 0 radical (unpaired) electrons. The highest BCUT2D eigenvalue weighted by Gasteiger charge is 2.45. The molecule has 0 bridgehead atoms. The Morgan fingerprint density at radius 1 is 1.52 bits per heavy atom. The van der Waals surface area contributed by atoms with E-state index in [2.05, 4.69) is 4.72 Å². The topological polar surface area (TPSA) is 107 Å². The number of benzene rings is 1. The molecule has 6 nitrogen and oxygen atoms in total. The van der Waals surface area contributed by atoms with Crippen LogP contribution < -0.4 is 4.72 Å². The van der Waals surface area contributed by atoms with Crippen LogP contribution in [0.25, 0.3) is 0 Å². The molecule has 0 aliphatic carbocycles. The molecule has 0 amide bonds. The second-order valence-electron chi connectivity index (χ2n) is 4.52. The summed E-state index contributed by atoms with van der Waals surface area (Å²) in [7, 11) is -4.32. The number of hydrogen-bond acceptors (Lipinski definition) is 5. The molecule has 0 aromatic heterocycles. The minimum Gasteiger partial charge on any atom is -0.480 e. The summed E-state index contributed by atoms with van der Waals surface area (Å²) < 4.78 is 40.3. The molecular weight excluding hydrogens is 319 g/mol. The number of aliphatic carboxylic acids is 1. The van der Waals surface area contributed by atoms with E-state index in [-0.39, 0.29) is 12.2 Å². The molecule has 1 fully saturated rings. The SMILES string of the molecule is N#Cc1c(F)cccc1S(=O)(=O)NC1(C(=O)O)CCSC1. The van der Waals surface area contributed by atoms with Crippen LogP contribution in [-0.2, 0) is 14.8 Å². The minimum atomic E-state index is -4.32. The Kier molecular flexibility index (Phi) is 4.22. The van der Waals surface area contributed by atoms with E-state index in [9.17, 15) is 22.7 Å². The van der Waals surface area contributed by atoms with Crippen molar-refractivity contribution in [2.45, 2.75) is 16.9 Å². The largest absolute Gasteiger partial charge is 0.480 e. The first-order chi connectivity index (χ1) is 9.82. The Morgan fingerprint density at radius 3 is 2.76 bits per heavy atom. The number of carbonyl (C=O) groups is 1. The average molecular weight is 330 g/mol. The first kappa shape index (κ1) is 15.8. The van der Waals surface area contributed by atoms with Crippen molar-refractivity contribution < 1.29 is 22.7 Å². The molecule has 0 saturated carbocycles. The van der Waals surface area contributed by atoms with Crippen molar-refractivity contribution in [3.8, 4) is 6.07 Å². The van der Waals surface area contributed by atoms with Crippen molar-refractivity contribution in [1.29, 1.82) is 5.26 Å². The van der Waals surface area contributed by atoms with Crippen LogP contribution in [0.4, 0.5) is 4.39 Å². The Morgan fingerprint density at radius 2 is 2.24 bits per heavy atom. The van der Waals surface area contributed by atoms with E-state index in [4.69, 9.17) is 5.26 Å². The zero-order valence-electron chi connectivity index (χ0n) is 10.7. The van der Waals surface area contributed by atoms with E-state index in [1.807, 2.05) is 0 Å². The van der Waals surface area contributed by atoms with E-state index in [1.165, 1.54) is 17.8 Å². The van der Waals surface area contributed by atoms with Crippen LogP contribution in [0.1, 0.15) is 12.0 Å². The Bertz CT molecular complexity index is 721. The summed E-state index contributed by atoms with van der Waals surface area (Å²) in [6.07, 6.45) is 0.128. The molecule has 1 aliphatic rings. The number of sulfonamides is 1. The summed E-state index contributed by atoms with van der Waals surface area (Å²) in [5.41, 5.74) is -2.25. The van der Waals surface area contributed by atoms with E-state index >= 15 is 0 Å². The predicted molar refractivity (Wildman–Crippen MR) is 73.7 cm³/mol. The van der Waals surface area contributed by atoms with Crippen molar-refractivity contribution >= 4 is 27.8 Å². The van der Waals surface area contributed by atoms with Gasteiger partial charge in [0.2, 0.25) is 10.0 Å². The number of nitrogens with zero attached hydrogens (tertiary/aromatic N) is 1. The van der Waals surface area contributed by atoms with Gasteiger partial charge in [-0.1, -0.05) is 6.07 Å². The van der Waals surface area contributed by atoms with Gasteiger partial charge in [-0.3, -0.25) is 4.79 Å². The lowest BCUT2D eigenvalue weighted by Gasteiger charge is -2.24. The van der Waals surface area contributed by atoms with Crippen LogP contribution in [0, 0.1) is 17.1 Å². The van der Waals surface area contributed by atoms with Crippen molar-refractivity contribution in [3.63, 3.8) is 0 Å². The van der Waals surface area contributed by atoms with Gasteiger partial charge in [-0.25, -0.2) is 12.8 Å². The first-order valence-electron chi connectivity index (χ1n) is 5.86. The molecule has 9 heteroatoms. The normalized spacial score (nSPS) is 21.9. The van der Waals surface area contributed by atoms with Crippen molar-refractivity contribution in [2.24, 2.45) is 0 Å². The van der Waals surface area contributed by atoms with Crippen molar-refractivity contribution in [2.75, 3.05) is 11.5 Å². The molecular formula is C12H11FN2O4S2. The predicted octanol–water partition coefficient (Wildman–Crippen LogP) is 0.936. The fourth-order valence-corrected chi connectivity index (χ4v) is 4.98. The van der Waals surface area contributed by atoms with Gasteiger partial charge in [-0.15, -0.1) is 0 Å². The maximum Gasteiger partial charge on any atom is 0.325 e. The number of rotatable bonds is 4. The van der Waals surface area contributed by atoms with Gasteiger partial charge in [-0.05, 0) is 24.3 Å². The summed E-state index contributed by atoms with van der Waals surface area (Å²) in [5, 5.41) is 18.2. The fraction of sp³-hybridized carbons (Fsp3) is 0.333. The third kappa shape index (κ3) is 2.88. The van der Waals surface area contributed by atoms with Gasteiger partial charge in [0, 0.05) is 5.75 Å². The molecule has 1 saturated heterocycles. The molecule has 1 aliphatic heterocycles. The van der Waals surface area contributed by atoms with Gasteiger partial charge in [0.05, 0.1) is 0 Å². The molecule has 1 aromatic carbocycles. The maximum absolute atomic E-state index is 13.5. The molecule has 112 valence electrons. The lowest BCUT2D eigenvalue weighted by Crippen LogP contribution is -2.54. The van der Waals surface area contributed by atoms with Crippen LogP contribution in [0.3, 0.4) is 0 Å². The number of nitrogens with one attached hydrogen (secondary N) is 1. The van der Waals surface area contributed by atoms with Gasteiger partial charge < -0.3 is 5.11 Å². The highest BCUT2D eigenvalue weighted by molar-refractivity contribution is 7.99. The summed E-state index contributed by atoms with van der Waals surface area (Å²) in [6, 6.07) is 4.68. The number of nitriles is 1. The summed E-state index contributed by atoms with van der Waals surface area (Å²) >= 11 is 1.31. The van der Waals surface area contributed by atoms with Crippen LogP contribution in [0.2, 0.25) is 0 Å². The Balaban J connectivity index is 2.47. The second kappa shape index (κ2) is 5.63. The quantitative estimate of drug-likeness (QED) is 0.850. The fourth-order valence-electron chi connectivity index (χ4n) is 2.01. The minimum absolute atomic E-state index is 0.0821. The lowest BCUT2D eigenvalue weighted by molar-refractivity contribution is -0.142. The van der Waals surface area contributed by atoms with Crippen molar-refractivity contribution in [3.05, 3.63) is 29.6 Å². The van der Waals surface area contributed by atoms with E-state index < -0.39 is 37.8 Å². The Labute approximate surface area is 125 Å². The highest BCUT2D eigenvalue weighted by atomic mass is 32.2.